The molecule has 0 bridgehead atoms. The lowest BCUT2D eigenvalue weighted by molar-refractivity contribution is -0.143. The molecule has 18 heavy (non-hydrogen) atoms. The molecule has 96 valence electrons. The Balaban J connectivity index is 2.15. The molecule has 3 rings (SSSR count). The van der Waals surface area contributed by atoms with Gasteiger partial charge in [-0.1, -0.05) is 26.0 Å². The van der Waals surface area contributed by atoms with E-state index >= 15 is 0 Å². The highest BCUT2D eigenvalue weighted by Crippen LogP contribution is 2.51. The molecule has 1 aliphatic heterocycles. The number of fused-ring (bicyclic) bond motifs is 3. The number of Topliss-reactive ketones (excluding diaryl/α,β-unsaturated/α-hetero) is 1. The highest BCUT2D eigenvalue weighted by atomic mass is 16.6. The first kappa shape index (κ1) is 11.7. The molecule has 0 unspecified atom stereocenters. The van der Waals surface area contributed by atoms with E-state index in [2.05, 4.69) is 19.1 Å². The third-order valence-electron chi connectivity index (χ3n) is 4.82. The van der Waals surface area contributed by atoms with Gasteiger partial charge >= 0.3 is 5.97 Å². The van der Waals surface area contributed by atoms with Crippen LogP contribution in [0.4, 0.5) is 0 Å². The molecule has 0 aromatic carbocycles. The Hall–Kier alpha value is -1.38. The minimum absolute atomic E-state index is 0.0985. The van der Waals surface area contributed by atoms with Gasteiger partial charge in [-0.05, 0) is 24.5 Å². The van der Waals surface area contributed by atoms with Crippen LogP contribution in [0, 0.1) is 17.3 Å². The molecular formula is C15H18O3. The Labute approximate surface area is 107 Å². The predicted octanol–water partition coefficient (Wildman–Crippen LogP) is 2.42. The second-order valence-corrected chi connectivity index (χ2v) is 5.96. The number of hydrogen-bond acceptors (Lipinski definition) is 3. The van der Waals surface area contributed by atoms with E-state index in [1.807, 2.05) is 13.8 Å². The molecule has 2 aliphatic carbocycles. The van der Waals surface area contributed by atoms with Crippen molar-refractivity contribution in [1.82, 2.24) is 0 Å². The van der Waals surface area contributed by atoms with E-state index < -0.39 is 0 Å². The third kappa shape index (κ3) is 1.36. The smallest absolute Gasteiger partial charge is 0.310 e. The van der Waals surface area contributed by atoms with E-state index in [-0.39, 0.29) is 35.1 Å². The quantitative estimate of drug-likeness (QED) is 0.487. The number of carbonyl (C=O) groups is 2. The molecule has 0 spiro atoms. The average Bonchev–Trinajstić information content (AvgIpc) is 2.60. The summed E-state index contributed by atoms with van der Waals surface area (Å²) in [6.07, 6.45) is 5.50. The monoisotopic (exact) mass is 246 g/mol. The topological polar surface area (TPSA) is 43.4 Å². The van der Waals surface area contributed by atoms with Crippen molar-refractivity contribution in [2.24, 2.45) is 17.3 Å². The number of ether oxygens (including phenoxy) is 1. The zero-order valence-electron chi connectivity index (χ0n) is 11.0. The van der Waals surface area contributed by atoms with Crippen molar-refractivity contribution >= 4 is 11.8 Å². The molecule has 4 atom stereocenters. The zero-order valence-corrected chi connectivity index (χ0v) is 11.0. The molecule has 1 heterocycles. The molecule has 3 heteroatoms. The Kier molecular flexibility index (Phi) is 2.31. The maximum absolute atomic E-state index is 11.9. The minimum atomic E-state index is -0.216. The van der Waals surface area contributed by atoms with Crippen LogP contribution in [0.2, 0.25) is 0 Å². The van der Waals surface area contributed by atoms with Crippen LogP contribution in [0.3, 0.4) is 0 Å². The Morgan fingerprint density at radius 3 is 2.83 bits per heavy atom. The SMILES string of the molecule is CC1=C2[C@H]3OC(=O)[C@@H](C)[C@@H]3C=C[C@@]2(C)CCC1=O. The van der Waals surface area contributed by atoms with E-state index in [9.17, 15) is 9.59 Å². The van der Waals surface area contributed by atoms with Crippen molar-refractivity contribution < 1.29 is 14.3 Å². The first-order valence-corrected chi connectivity index (χ1v) is 6.58. The van der Waals surface area contributed by atoms with Crippen molar-refractivity contribution in [1.29, 1.82) is 0 Å². The van der Waals surface area contributed by atoms with Crippen LogP contribution in [0.5, 0.6) is 0 Å². The molecule has 0 aromatic heterocycles. The molecular weight excluding hydrogens is 228 g/mol. The first-order chi connectivity index (χ1) is 8.44. The van der Waals surface area contributed by atoms with Crippen molar-refractivity contribution in [2.75, 3.05) is 0 Å². The minimum Gasteiger partial charge on any atom is -0.457 e. The molecule has 1 saturated heterocycles. The highest BCUT2D eigenvalue weighted by molar-refractivity contribution is 5.97. The van der Waals surface area contributed by atoms with E-state index in [0.717, 1.165) is 17.6 Å². The maximum Gasteiger partial charge on any atom is 0.310 e. The van der Waals surface area contributed by atoms with Gasteiger partial charge in [-0.15, -0.1) is 0 Å². The fourth-order valence-corrected chi connectivity index (χ4v) is 3.56. The molecule has 0 radical (unpaired) electrons. The fraction of sp³-hybridized carbons (Fsp3) is 0.600. The lowest BCUT2D eigenvalue weighted by atomic mass is 9.63. The highest BCUT2D eigenvalue weighted by Gasteiger charge is 2.51. The second kappa shape index (κ2) is 3.56. The van der Waals surface area contributed by atoms with Crippen LogP contribution in [0.1, 0.15) is 33.6 Å². The second-order valence-electron chi connectivity index (χ2n) is 5.96. The van der Waals surface area contributed by atoms with Gasteiger partial charge in [-0.3, -0.25) is 9.59 Å². The molecule has 3 nitrogen and oxygen atoms in total. The summed E-state index contributed by atoms with van der Waals surface area (Å²) < 4.78 is 5.53. The van der Waals surface area contributed by atoms with E-state index in [1.165, 1.54) is 0 Å². The Morgan fingerprint density at radius 1 is 1.39 bits per heavy atom. The van der Waals surface area contributed by atoms with Crippen LogP contribution < -0.4 is 0 Å². The summed E-state index contributed by atoms with van der Waals surface area (Å²) in [5.74, 6) is 0.0545. The van der Waals surface area contributed by atoms with Gasteiger partial charge in [0.05, 0.1) is 5.92 Å². The molecule has 0 amide bonds. The van der Waals surface area contributed by atoms with Gasteiger partial charge in [0, 0.05) is 17.8 Å². The molecule has 0 aromatic rings. The van der Waals surface area contributed by atoms with Crippen molar-refractivity contribution in [3.8, 4) is 0 Å². The summed E-state index contributed by atoms with van der Waals surface area (Å²) in [5, 5.41) is 0. The van der Waals surface area contributed by atoms with Crippen LogP contribution in [0.15, 0.2) is 23.3 Å². The van der Waals surface area contributed by atoms with Crippen LogP contribution in [-0.2, 0) is 14.3 Å². The number of ketones is 1. The summed E-state index contributed by atoms with van der Waals surface area (Å²) in [7, 11) is 0. The summed E-state index contributed by atoms with van der Waals surface area (Å²) in [6, 6.07) is 0. The van der Waals surface area contributed by atoms with Crippen molar-refractivity contribution in [3.05, 3.63) is 23.3 Å². The van der Waals surface area contributed by atoms with Gasteiger partial charge < -0.3 is 4.74 Å². The summed E-state index contributed by atoms with van der Waals surface area (Å²) in [5.41, 5.74) is 1.75. The average molecular weight is 246 g/mol. The summed E-state index contributed by atoms with van der Waals surface area (Å²) in [6.45, 7) is 5.92. The van der Waals surface area contributed by atoms with Crippen LogP contribution in [-0.4, -0.2) is 17.9 Å². The lowest BCUT2D eigenvalue weighted by Gasteiger charge is -2.41. The van der Waals surface area contributed by atoms with Gasteiger partial charge in [-0.2, -0.15) is 0 Å². The van der Waals surface area contributed by atoms with Gasteiger partial charge in [0.25, 0.3) is 0 Å². The first-order valence-electron chi connectivity index (χ1n) is 6.58. The standard InChI is InChI=1S/C15H18O3/c1-8-10-4-6-15(3)7-5-11(16)9(2)12(15)13(10)18-14(8)17/h4,6,8,10,13H,5,7H2,1-3H3/t8-,10-,13-,15-/m0/s1. The molecule has 0 saturated carbocycles. The maximum atomic E-state index is 11.9. The van der Waals surface area contributed by atoms with Gasteiger partial charge in [-0.25, -0.2) is 0 Å². The number of carbonyl (C=O) groups excluding carboxylic acids is 2. The number of allylic oxidation sites excluding steroid dienone is 2. The van der Waals surface area contributed by atoms with Crippen LogP contribution >= 0.6 is 0 Å². The lowest BCUT2D eigenvalue weighted by Crippen LogP contribution is -2.38. The Morgan fingerprint density at radius 2 is 2.11 bits per heavy atom. The van der Waals surface area contributed by atoms with E-state index in [0.29, 0.717) is 6.42 Å². The van der Waals surface area contributed by atoms with Gasteiger partial charge in [0.1, 0.15) is 6.10 Å². The Bertz CT molecular complexity index is 500. The normalized spacial score (nSPS) is 42.7. The van der Waals surface area contributed by atoms with Crippen molar-refractivity contribution in [3.63, 3.8) is 0 Å². The van der Waals surface area contributed by atoms with Crippen molar-refractivity contribution in [2.45, 2.75) is 39.7 Å². The largest absolute Gasteiger partial charge is 0.457 e. The summed E-state index contributed by atoms with van der Waals surface area (Å²) in [4.78, 5) is 23.7. The number of rotatable bonds is 0. The zero-order chi connectivity index (χ0) is 13.1. The predicted molar refractivity (Wildman–Crippen MR) is 66.7 cm³/mol. The molecule has 1 fully saturated rings. The molecule has 0 N–H and O–H groups in total. The van der Waals surface area contributed by atoms with Crippen LogP contribution in [0.25, 0.3) is 0 Å². The molecule has 3 aliphatic rings. The van der Waals surface area contributed by atoms with Gasteiger partial charge in [0.2, 0.25) is 0 Å². The third-order valence-corrected chi connectivity index (χ3v) is 4.82. The number of esters is 1. The van der Waals surface area contributed by atoms with Gasteiger partial charge in [0.15, 0.2) is 5.78 Å². The van der Waals surface area contributed by atoms with E-state index in [4.69, 9.17) is 4.74 Å². The summed E-state index contributed by atoms with van der Waals surface area (Å²) >= 11 is 0. The number of hydrogen-bond donors (Lipinski definition) is 0. The fourth-order valence-electron chi connectivity index (χ4n) is 3.56. The van der Waals surface area contributed by atoms with E-state index in [1.54, 1.807) is 0 Å².